The number of nitrogens with zero attached hydrogens (tertiary/aromatic N) is 1. The quantitative estimate of drug-likeness (QED) is 0.279. The van der Waals surface area contributed by atoms with Crippen molar-refractivity contribution < 1.29 is 14.3 Å². The van der Waals surface area contributed by atoms with Gasteiger partial charge < -0.3 is 14.8 Å². The maximum Gasteiger partial charge on any atom is 0.266 e. The summed E-state index contributed by atoms with van der Waals surface area (Å²) in [5.74, 6) is 0.976. The Hall–Kier alpha value is -3.56. The summed E-state index contributed by atoms with van der Waals surface area (Å²) in [6.07, 6.45) is 2.48. The van der Waals surface area contributed by atoms with E-state index in [4.69, 9.17) is 9.47 Å². The number of amides is 1. The minimum atomic E-state index is -0.470. The molecule has 32 heavy (non-hydrogen) atoms. The molecule has 0 fully saturated rings. The molecule has 0 atom stereocenters. The summed E-state index contributed by atoms with van der Waals surface area (Å²) in [4.78, 5) is 12.5. The van der Waals surface area contributed by atoms with Crippen LogP contribution >= 0.6 is 15.9 Å². The van der Waals surface area contributed by atoms with Crippen molar-refractivity contribution in [3.63, 3.8) is 0 Å². The van der Waals surface area contributed by atoms with E-state index in [2.05, 4.69) is 21.2 Å². The number of halogens is 1. The van der Waals surface area contributed by atoms with Gasteiger partial charge in [-0.15, -0.1) is 0 Å². The van der Waals surface area contributed by atoms with Crippen LogP contribution in [0.15, 0.2) is 82.8 Å². The number of nitriles is 1. The van der Waals surface area contributed by atoms with Crippen LogP contribution in [0, 0.1) is 11.3 Å². The predicted molar refractivity (Wildman–Crippen MR) is 129 cm³/mol. The van der Waals surface area contributed by atoms with E-state index in [1.807, 2.05) is 61.5 Å². The standard InChI is InChI=1S/C26H23BrN2O3/c1-2-15-31-24-11-5-19(6-12-24)16-21(17-28)26(30)29-23-9-13-25(14-10-23)32-18-20-3-7-22(27)8-4-20/h3-14,16H,2,15,18H2,1H3,(H,29,30)/b21-16+. The first-order valence-corrected chi connectivity index (χ1v) is 11.0. The molecule has 1 N–H and O–H groups in total. The van der Waals surface area contributed by atoms with Crippen LogP contribution in [-0.2, 0) is 11.4 Å². The van der Waals surface area contributed by atoms with Crippen molar-refractivity contribution in [1.29, 1.82) is 5.26 Å². The Balaban J connectivity index is 1.58. The Morgan fingerprint density at radius 3 is 2.22 bits per heavy atom. The third kappa shape index (κ3) is 7.00. The molecule has 162 valence electrons. The number of hydrogen-bond donors (Lipinski definition) is 1. The zero-order valence-corrected chi connectivity index (χ0v) is 19.3. The van der Waals surface area contributed by atoms with E-state index in [0.29, 0.717) is 24.7 Å². The van der Waals surface area contributed by atoms with Crippen LogP contribution in [0.25, 0.3) is 6.08 Å². The number of carbonyl (C=O) groups excluding carboxylic acids is 1. The molecule has 0 spiro atoms. The average Bonchev–Trinajstić information content (AvgIpc) is 2.82. The van der Waals surface area contributed by atoms with E-state index >= 15 is 0 Å². The second kappa shape index (κ2) is 11.7. The number of carbonyl (C=O) groups is 1. The van der Waals surface area contributed by atoms with E-state index < -0.39 is 5.91 Å². The van der Waals surface area contributed by atoms with Gasteiger partial charge in [-0.05, 0) is 72.2 Å². The average molecular weight is 491 g/mol. The second-order valence-corrected chi connectivity index (χ2v) is 7.90. The van der Waals surface area contributed by atoms with Gasteiger partial charge in [0.25, 0.3) is 5.91 Å². The number of rotatable bonds is 9. The molecule has 0 saturated heterocycles. The summed E-state index contributed by atoms with van der Waals surface area (Å²) >= 11 is 3.41. The fourth-order valence-corrected chi connectivity index (χ4v) is 3.04. The lowest BCUT2D eigenvalue weighted by atomic mass is 10.1. The van der Waals surface area contributed by atoms with Gasteiger partial charge in [0.05, 0.1) is 6.61 Å². The van der Waals surface area contributed by atoms with Crippen LogP contribution in [0.1, 0.15) is 24.5 Å². The molecule has 0 bridgehead atoms. The Kier molecular flexibility index (Phi) is 8.47. The van der Waals surface area contributed by atoms with Crippen molar-refractivity contribution in [2.24, 2.45) is 0 Å². The lowest BCUT2D eigenvalue weighted by Gasteiger charge is -2.09. The molecule has 3 rings (SSSR count). The first-order valence-electron chi connectivity index (χ1n) is 10.2. The van der Waals surface area contributed by atoms with Crippen LogP contribution in [-0.4, -0.2) is 12.5 Å². The normalized spacial score (nSPS) is 10.8. The number of hydrogen-bond acceptors (Lipinski definition) is 4. The molecular formula is C26H23BrN2O3. The first-order chi connectivity index (χ1) is 15.6. The van der Waals surface area contributed by atoms with Crippen molar-refractivity contribution in [1.82, 2.24) is 0 Å². The summed E-state index contributed by atoms with van der Waals surface area (Å²) in [5, 5.41) is 12.2. The highest BCUT2D eigenvalue weighted by atomic mass is 79.9. The van der Waals surface area contributed by atoms with Crippen molar-refractivity contribution in [3.8, 4) is 17.6 Å². The summed E-state index contributed by atoms with van der Waals surface area (Å²) in [7, 11) is 0. The molecule has 0 radical (unpaired) electrons. The molecule has 0 saturated carbocycles. The van der Waals surface area contributed by atoms with Gasteiger partial charge in [-0.2, -0.15) is 5.26 Å². The minimum Gasteiger partial charge on any atom is -0.494 e. The Morgan fingerprint density at radius 2 is 1.59 bits per heavy atom. The van der Waals surface area contributed by atoms with Gasteiger partial charge in [0.2, 0.25) is 0 Å². The number of ether oxygens (including phenoxy) is 2. The second-order valence-electron chi connectivity index (χ2n) is 6.98. The third-order valence-electron chi connectivity index (χ3n) is 4.46. The molecule has 3 aromatic carbocycles. The third-order valence-corrected chi connectivity index (χ3v) is 4.99. The summed E-state index contributed by atoms with van der Waals surface area (Å²) in [6, 6.07) is 24.2. The van der Waals surface area contributed by atoms with Gasteiger partial charge in [-0.25, -0.2) is 0 Å². The van der Waals surface area contributed by atoms with Crippen molar-refractivity contribution in [2.75, 3.05) is 11.9 Å². The monoisotopic (exact) mass is 490 g/mol. The zero-order chi connectivity index (χ0) is 22.8. The zero-order valence-electron chi connectivity index (χ0n) is 17.7. The first kappa shape index (κ1) is 23.1. The molecule has 0 unspecified atom stereocenters. The van der Waals surface area contributed by atoms with Gasteiger partial charge in [0, 0.05) is 10.2 Å². The Morgan fingerprint density at radius 1 is 0.969 bits per heavy atom. The maximum atomic E-state index is 12.5. The van der Waals surface area contributed by atoms with Crippen LogP contribution in [0.4, 0.5) is 5.69 Å². The van der Waals surface area contributed by atoms with Crippen molar-refractivity contribution >= 4 is 33.6 Å². The van der Waals surface area contributed by atoms with Gasteiger partial charge in [-0.3, -0.25) is 4.79 Å². The lowest BCUT2D eigenvalue weighted by molar-refractivity contribution is -0.112. The molecule has 1 amide bonds. The SMILES string of the molecule is CCCOc1ccc(/C=C(\C#N)C(=O)Nc2ccc(OCc3ccc(Br)cc3)cc2)cc1. The fraction of sp³-hybridized carbons (Fsp3) is 0.154. The number of nitrogens with one attached hydrogen (secondary N) is 1. The van der Waals surface area contributed by atoms with E-state index in [0.717, 1.165) is 27.8 Å². The van der Waals surface area contributed by atoms with Crippen LogP contribution in [0.3, 0.4) is 0 Å². The van der Waals surface area contributed by atoms with E-state index in [1.54, 1.807) is 30.3 Å². The van der Waals surface area contributed by atoms with Crippen molar-refractivity contribution in [3.05, 3.63) is 94.0 Å². The highest BCUT2D eigenvalue weighted by Gasteiger charge is 2.10. The topological polar surface area (TPSA) is 71.3 Å². The lowest BCUT2D eigenvalue weighted by Crippen LogP contribution is -2.13. The summed E-state index contributed by atoms with van der Waals surface area (Å²) in [5.41, 5.74) is 2.40. The molecule has 3 aromatic rings. The molecular weight excluding hydrogens is 468 g/mol. The fourth-order valence-electron chi connectivity index (χ4n) is 2.78. The van der Waals surface area contributed by atoms with Crippen LogP contribution in [0.5, 0.6) is 11.5 Å². The Bertz CT molecular complexity index is 1100. The van der Waals surface area contributed by atoms with Crippen LogP contribution < -0.4 is 14.8 Å². The number of anilines is 1. The molecule has 0 aliphatic rings. The molecule has 5 nitrogen and oxygen atoms in total. The van der Waals surface area contributed by atoms with Gasteiger partial charge >= 0.3 is 0 Å². The minimum absolute atomic E-state index is 0.0165. The Labute approximate surface area is 196 Å². The van der Waals surface area contributed by atoms with Gasteiger partial charge in [-0.1, -0.05) is 47.1 Å². The van der Waals surface area contributed by atoms with Gasteiger partial charge in [0.1, 0.15) is 29.7 Å². The van der Waals surface area contributed by atoms with Gasteiger partial charge in [0.15, 0.2) is 0 Å². The summed E-state index contributed by atoms with van der Waals surface area (Å²) in [6.45, 7) is 3.14. The smallest absolute Gasteiger partial charge is 0.266 e. The molecule has 0 aromatic heterocycles. The van der Waals surface area contributed by atoms with E-state index in [-0.39, 0.29) is 5.57 Å². The molecule has 6 heteroatoms. The molecule has 0 aliphatic carbocycles. The number of benzene rings is 3. The maximum absolute atomic E-state index is 12.5. The largest absolute Gasteiger partial charge is 0.494 e. The highest BCUT2D eigenvalue weighted by Crippen LogP contribution is 2.19. The van der Waals surface area contributed by atoms with Crippen molar-refractivity contribution in [2.45, 2.75) is 20.0 Å². The van der Waals surface area contributed by atoms with E-state index in [1.165, 1.54) is 0 Å². The predicted octanol–water partition coefficient (Wildman–Crippen LogP) is 6.36. The highest BCUT2D eigenvalue weighted by molar-refractivity contribution is 9.10. The van der Waals surface area contributed by atoms with E-state index in [9.17, 15) is 10.1 Å². The summed E-state index contributed by atoms with van der Waals surface area (Å²) < 4.78 is 12.3. The molecule has 0 aliphatic heterocycles. The van der Waals surface area contributed by atoms with Crippen LogP contribution in [0.2, 0.25) is 0 Å². The molecule has 0 heterocycles.